The van der Waals surface area contributed by atoms with E-state index in [4.69, 9.17) is 4.42 Å². The van der Waals surface area contributed by atoms with Crippen LogP contribution in [0.3, 0.4) is 0 Å². The lowest BCUT2D eigenvalue weighted by Crippen LogP contribution is -2.21. The van der Waals surface area contributed by atoms with Crippen LogP contribution >= 0.6 is 11.3 Å². The third-order valence-electron chi connectivity index (χ3n) is 2.61. The third kappa shape index (κ3) is 2.71. The maximum Gasteiger partial charge on any atom is 0.123 e. The van der Waals surface area contributed by atoms with Crippen LogP contribution in [0.25, 0.3) is 0 Å². The van der Waals surface area contributed by atoms with Gasteiger partial charge in [0.1, 0.15) is 5.76 Å². The van der Waals surface area contributed by atoms with E-state index >= 15 is 0 Å². The molecule has 2 aromatic rings. The van der Waals surface area contributed by atoms with E-state index in [1.165, 1.54) is 5.56 Å². The molecule has 1 N–H and O–H groups in total. The molecule has 4 heteroatoms. The molecule has 0 amide bonds. The summed E-state index contributed by atoms with van der Waals surface area (Å²) in [5.74, 6) is 1.03. The number of rotatable bonds is 5. The van der Waals surface area contributed by atoms with Gasteiger partial charge in [0.2, 0.25) is 0 Å². The lowest BCUT2D eigenvalue weighted by Gasteiger charge is -2.11. The van der Waals surface area contributed by atoms with Crippen LogP contribution in [0.5, 0.6) is 0 Å². The number of nitrogens with zero attached hydrogens (tertiary/aromatic N) is 1. The molecule has 0 aliphatic carbocycles. The number of aryl methyl sites for hydroxylation is 1. The minimum absolute atomic E-state index is 0.258. The highest BCUT2D eigenvalue weighted by atomic mass is 32.1. The van der Waals surface area contributed by atoms with Gasteiger partial charge in [-0.05, 0) is 25.5 Å². The van der Waals surface area contributed by atoms with Crippen molar-refractivity contribution in [3.8, 4) is 0 Å². The first-order valence-electron chi connectivity index (χ1n) is 5.42. The van der Waals surface area contributed by atoms with Crippen LogP contribution in [0.2, 0.25) is 0 Å². The third-order valence-corrected chi connectivity index (χ3v) is 3.25. The zero-order valence-corrected chi connectivity index (χ0v) is 10.4. The summed E-state index contributed by atoms with van der Waals surface area (Å²) in [4.78, 5) is 4.25. The Bertz CT molecular complexity index is 422. The smallest absolute Gasteiger partial charge is 0.123 e. The van der Waals surface area contributed by atoms with E-state index in [1.54, 1.807) is 17.6 Å². The maximum atomic E-state index is 5.44. The highest BCUT2D eigenvalue weighted by molar-refractivity contribution is 7.07. The van der Waals surface area contributed by atoms with Crippen molar-refractivity contribution in [2.45, 2.75) is 26.3 Å². The summed E-state index contributed by atoms with van der Waals surface area (Å²) in [6.45, 7) is 5.11. The number of hydrogen-bond acceptors (Lipinski definition) is 4. The first-order valence-corrected chi connectivity index (χ1v) is 6.36. The Balaban J connectivity index is 1.80. The molecule has 1 atom stereocenters. The molecule has 0 bridgehead atoms. The fourth-order valence-electron chi connectivity index (χ4n) is 1.70. The van der Waals surface area contributed by atoms with Gasteiger partial charge in [0.15, 0.2) is 0 Å². The van der Waals surface area contributed by atoms with Crippen LogP contribution in [0, 0.1) is 6.92 Å². The summed E-state index contributed by atoms with van der Waals surface area (Å²) in [6.07, 6.45) is 2.71. The molecule has 0 saturated heterocycles. The molecule has 0 aliphatic rings. The zero-order valence-electron chi connectivity index (χ0n) is 9.56. The van der Waals surface area contributed by atoms with E-state index in [1.807, 2.05) is 11.6 Å². The lowest BCUT2D eigenvalue weighted by molar-refractivity contribution is 0.429. The van der Waals surface area contributed by atoms with Crippen molar-refractivity contribution in [2.75, 3.05) is 6.54 Å². The van der Waals surface area contributed by atoms with E-state index < -0.39 is 0 Å². The molecular weight excluding hydrogens is 220 g/mol. The van der Waals surface area contributed by atoms with Gasteiger partial charge in [-0.1, -0.05) is 0 Å². The van der Waals surface area contributed by atoms with Gasteiger partial charge >= 0.3 is 0 Å². The van der Waals surface area contributed by atoms with Gasteiger partial charge in [0.05, 0.1) is 23.5 Å². The number of hydrogen-bond donors (Lipinski definition) is 1. The van der Waals surface area contributed by atoms with Gasteiger partial charge in [-0.15, -0.1) is 11.3 Å². The number of thiazole rings is 1. The summed E-state index contributed by atoms with van der Waals surface area (Å²) in [6, 6.07) is 2.25. The van der Waals surface area contributed by atoms with E-state index in [0.29, 0.717) is 0 Å². The Labute approximate surface area is 99.5 Å². The van der Waals surface area contributed by atoms with Gasteiger partial charge in [0.25, 0.3) is 0 Å². The quantitative estimate of drug-likeness (QED) is 0.867. The average molecular weight is 236 g/mol. The highest BCUT2D eigenvalue weighted by Crippen LogP contribution is 2.17. The lowest BCUT2D eigenvalue weighted by atomic mass is 10.1. The van der Waals surface area contributed by atoms with Crippen LogP contribution in [0.15, 0.2) is 27.6 Å². The van der Waals surface area contributed by atoms with Crippen molar-refractivity contribution in [2.24, 2.45) is 0 Å². The molecule has 0 aliphatic heterocycles. The van der Waals surface area contributed by atoms with E-state index in [9.17, 15) is 0 Å². The molecule has 1 unspecified atom stereocenters. The van der Waals surface area contributed by atoms with Crippen molar-refractivity contribution in [3.05, 3.63) is 40.2 Å². The van der Waals surface area contributed by atoms with Gasteiger partial charge < -0.3 is 9.73 Å². The molecule has 16 heavy (non-hydrogen) atoms. The van der Waals surface area contributed by atoms with Crippen LogP contribution in [-0.4, -0.2) is 11.5 Å². The standard InChI is InChI=1S/C12H16N2OS/c1-9-4-6-15-12(9)10(2)13-5-3-11-7-16-8-14-11/h4,6-8,10,13H,3,5H2,1-2H3. The second-order valence-electron chi connectivity index (χ2n) is 3.87. The normalized spacial score (nSPS) is 12.9. The first kappa shape index (κ1) is 11.4. The molecule has 86 valence electrons. The fourth-order valence-corrected chi connectivity index (χ4v) is 2.29. The zero-order chi connectivity index (χ0) is 11.4. The largest absolute Gasteiger partial charge is 0.467 e. The molecular formula is C12H16N2OS. The van der Waals surface area contributed by atoms with Crippen molar-refractivity contribution >= 4 is 11.3 Å². The predicted molar refractivity (Wildman–Crippen MR) is 65.7 cm³/mol. The molecule has 2 aromatic heterocycles. The Morgan fingerprint density at radius 3 is 3.06 bits per heavy atom. The van der Waals surface area contributed by atoms with E-state index in [-0.39, 0.29) is 6.04 Å². The highest BCUT2D eigenvalue weighted by Gasteiger charge is 2.10. The van der Waals surface area contributed by atoms with Crippen LogP contribution < -0.4 is 5.32 Å². The van der Waals surface area contributed by atoms with Crippen LogP contribution in [0.1, 0.15) is 30.0 Å². The summed E-state index contributed by atoms with van der Waals surface area (Å²) >= 11 is 1.64. The molecule has 0 saturated carbocycles. The van der Waals surface area contributed by atoms with Crippen molar-refractivity contribution in [3.63, 3.8) is 0 Å². The van der Waals surface area contributed by atoms with Gasteiger partial charge in [-0.25, -0.2) is 4.98 Å². The Hall–Kier alpha value is -1.13. The van der Waals surface area contributed by atoms with Gasteiger partial charge in [-0.2, -0.15) is 0 Å². The summed E-state index contributed by atoms with van der Waals surface area (Å²) in [5.41, 5.74) is 4.23. The average Bonchev–Trinajstić information content (AvgIpc) is 2.88. The fraction of sp³-hybridized carbons (Fsp3) is 0.417. The maximum absolute atomic E-state index is 5.44. The molecule has 2 heterocycles. The van der Waals surface area contributed by atoms with Crippen LogP contribution in [-0.2, 0) is 6.42 Å². The monoisotopic (exact) mass is 236 g/mol. The van der Waals surface area contributed by atoms with Crippen molar-refractivity contribution in [1.82, 2.24) is 10.3 Å². The molecule has 0 fully saturated rings. The topological polar surface area (TPSA) is 38.1 Å². The summed E-state index contributed by atoms with van der Waals surface area (Å²) in [7, 11) is 0. The molecule has 2 rings (SSSR count). The second kappa shape index (κ2) is 5.27. The van der Waals surface area contributed by atoms with Crippen molar-refractivity contribution < 1.29 is 4.42 Å². The van der Waals surface area contributed by atoms with Gasteiger partial charge in [-0.3, -0.25) is 0 Å². The first-order chi connectivity index (χ1) is 7.77. The SMILES string of the molecule is Cc1ccoc1C(C)NCCc1cscn1. The minimum atomic E-state index is 0.258. The molecule has 3 nitrogen and oxygen atoms in total. The number of aromatic nitrogens is 1. The Morgan fingerprint density at radius 1 is 1.56 bits per heavy atom. The predicted octanol–water partition coefficient (Wildman–Crippen LogP) is 2.94. The molecule has 0 radical (unpaired) electrons. The van der Waals surface area contributed by atoms with Crippen LogP contribution in [0.4, 0.5) is 0 Å². The molecule has 0 spiro atoms. The van der Waals surface area contributed by atoms with E-state index in [0.717, 1.165) is 24.4 Å². The minimum Gasteiger partial charge on any atom is -0.467 e. The molecule has 0 aromatic carbocycles. The number of nitrogens with one attached hydrogen (secondary N) is 1. The summed E-state index contributed by atoms with van der Waals surface area (Å²) in [5, 5.41) is 5.52. The Kier molecular flexibility index (Phi) is 3.74. The van der Waals surface area contributed by atoms with Crippen molar-refractivity contribution in [1.29, 1.82) is 0 Å². The second-order valence-corrected chi connectivity index (χ2v) is 4.59. The van der Waals surface area contributed by atoms with Gasteiger partial charge in [0, 0.05) is 18.3 Å². The Morgan fingerprint density at radius 2 is 2.44 bits per heavy atom. The summed E-state index contributed by atoms with van der Waals surface area (Å²) < 4.78 is 5.44. The number of furan rings is 1. The van der Waals surface area contributed by atoms with E-state index in [2.05, 4.69) is 29.5 Å².